The smallest absolute Gasteiger partial charge is 0.191 e. The minimum absolute atomic E-state index is 0.267. The molecule has 2 heterocycles. The van der Waals surface area contributed by atoms with Crippen LogP contribution in [0, 0.1) is 5.82 Å². The minimum atomic E-state index is -0.267. The fraction of sp³-hybridized carbons (Fsp3) is 0.148. The van der Waals surface area contributed by atoms with Gasteiger partial charge in [0, 0.05) is 23.9 Å². The van der Waals surface area contributed by atoms with Crippen molar-refractivity contribution in [1.29, 1.82) is 0 Å². The van der Waals surface area contributed by atoms with Gasteiger partial charge in [0.05, 0.1) is 18.2 Å². The lowest BCUT2D eigenvalue weighted by Gasteiger charge is -2.13. The monoisotopic (exact) mass is 470 g/mol. The number of hydrogen-bond donors (Lipinski definition) is 0. The van der Waals surface area contributed by atoms with E-state index in [2.05, 4.69) is 31.9 Å². The molecule has 170 valence electrons. The van der Waals surface area contributed by atoms with Crippen molar-refractivity contribution >= 4 is 22.7 Å². The van der Waals surface area contributed by atoms with Crippen molar-refractivity contribution in [3.8, 4) is 17.1 Å². The van der Waals surface area contributed by atoms with E-state index in [4.69, 9.17) is 4.74 Å². The van der Waals surface area contributed by atoms with Crippen LogP contribution in [0.25, 0.3) is 22.3 Å². The molecule has 0 spiro atoms. The first-order chi connectivity index (χ1) is 16.7. The Morgan fingerprint density at radius 3 is 2.62 bits per heavy atom. The highest BCUT2D eigenvalue weighted by Crippen LogP contribution is 2.33. The van der Waals surface area contributed by atoms with E-state index in [0.29, 0.717) is 12.3 Å². The van der Waals surface area contributed by atoms with E-state index >= 15 is 0 Å². The van der Waals surface area contributed by atoms with E-state index in [1.54, 1.807) is 19.4 Å². The maximum absolute atomic E-state index is 14.2. The molecular weight excluding hydrogens is 447 g/mol. The van der Waals surface area contributed by atoms with Gasteiger partial charge in [-0.3, -0.25) is 4.98 Å². The van der Waals surface area contributed by atoms with Gasteiger partial charge in [0.1, 0.15) is 11.6 Å². The molecule has 0 bridgehead atoms. The van der Waals surface area contributed by atoms with Gasteiger partial charge in [0.15, 0.2) is 11.0 Å². The predicted molar refractivity (Wildman–Crippen MR) is 133 cm³/mol. The highest BCUT2D eigenvalue weighted by Gasteiger charge is 2.18. The number of rotatable bonds is 8. The Labute approximate surface area is 201 Å². The lowest BCUT2D eigenvalue weighted by Crippen LogP contribution is -2.06. The summed E-state index contributed by atoms with van der Waals surface area (Å²) in [5.41, 5.74) is 3.75. The Balaban J connectivity index is 1.49. The van der Waals surface area contributed by atoms with Crippen LogP contribution in [0.3, 0.4) is 0 Å². The molecule has 0 unspecified atom stereocenters. The van der Waals surface area contributed by atoms with Crippen LogP contribution in [-0.2, 0) is 18.7 Å². The first-order valence-corrected chi connectivity index (χ1v) is 12.0. The van der Waals surface area contributed by atoms with Crippen LogP contribution in [0.4, 0.5) is 4.39 Å². The molecule has 0 fully saturated rings. The van der Waals surface area contributed by atoms with Crippen molar-refractivity contribution < 1.29 is 9.13 Å². The summed E-state index contributed by atoms with van der Waals surface area (Å²) in [7, 11) is 1.65. The van der Waals surface area contributed by atoms with Gasteiger partial charge in [0.2, 0.25) is 0 Å². The molecule has 0 amide bonds. The SMILES string of the molecule is COc1ccccc1-c1nnc(SCc2cc(F)cc3cccnc23)n1CCc1ccccc1. The van der Waals surface area contributed by atoms with Crippen molar-refractivity contribution in [2.75, 3.05) is 7.11 Å². The number of nitrogens with zero attached hydrogens (tertiary/aromatic N) is 4. The number of para-hydroxylation sites is 1. The normalized spacial score (nSPS) is 11.1. The number of pyridine rings is 1. The average molecular weight is 471 g/mol. The number of hydrogen-bond acceptors (Lipinski definition) is 5. The Bertz CT molecular complexity index is 1420. The molecule has 0 saturated carbocycles. The summed E-state index contributed by atoms with van der Waals surface area (Å²) in [5.74, 6) is 1.75. The Hall–Kier alpha value is -3.71. The van der Waals surface area contributed by atoms with Gasteiger partial charge in [-0.25, -0.2) is 4.39 Å². The first kappa shape index (κ1) is 22.1. The van der Waals surface area contributed by atoms with Gasteiger partial charge in [-0.15, -0.1) is 10.2 Å². The molecule has 34 heavy (non-hydrogen) atoms. The standard InChI is InChI=1S/C27H23FN4OS/c1-33-24-12-6-5-11-23(24)26-30-31-27(32(26)15-13-19-8-3-2-4-9-19)34-18-21-17-22(28)16-20-10-7-14-29-25(20)21/h2-12,14,16-17H,13,15,18H2,1H3. The number of thioether (sulfide) groups is 1. The van der Waals surface area contributed by atoms with E-state index in [1.807, 2.05) is 54.6 Å². The van der Waals surface area contributed by atoms with Crippen LogP contribution in [0.2, 0.25) is 0 Å². The topological polar surface area (TPSA) is 52.8 Å². The number of halogens is 1. The lowest BCUT2D eigenvalue weighted by molar-refractivity contribution is 0.415. The molecule has 2 aromatic heterocycles. The summed E-state index contributed by atoms with van der Waals surface area (Å²) in [5, 5.41) is 10.6. The number of aryl methyl sites for hydroxylation is 1. The molecule has 0 aliphatic carbocycles. The molecule has 0 aliphatic heterocycles. The first-order valence-electron chi connectivity index (χ1n) is 11.0. The number of methoxy groups -OCH3 is 1. The van der Waals surface area contributed by atoms with Crippen molar-refractivity contribution in [2.24, 2.45) is 0 Å². The Morgan fingerprint density at radius 2 is 1.76 bits per heavy atom. The molecule has 5 rings (SSSR count). The summed E-state index contributed by atoms with van der Waals surface area (Å²) in [6.45, 7) is 0.703. The van der Waals surface area contributed by atoms with E-state index in [9.17, 15) is 4.39 Å². The van der Waals surface area contributed by atoms with Crippen molar-refractivity contribution in [2.45, 2.75) is 23.9 Å². The van der Waals surface area contributed by atoms with E-state index in [0.717, 1.165) is 45.2 Å². The van der Waals surface area contributed by atoms with Crippen LogP contribution >= 0.6 is 11.8 Å². The fourth-order valence-electron chi connectivity index (χ4n) is 3.99. The lowest BCUT2D eigenvalue weighted by atomic mass is 10.1. The maximum atomic E-state index is 14.2. The molecule has 0 N–H and O–H groups in total. The van der Waals surface area contributed by atoms with Gasteiger partial charge >= 0.3 is 0 Å². The summed E-state index contributed by atoms with van der Waals surface area (Å²) < 4.78 is 21.9. The second-order valence-corrected chi connectivity index (χ2v) is 8.76. The van der Waals surface area contributed by atoms with Crippen LogP contribution in [0.1, 0.15) is 11.1 Å². The second kappa shape index (κ2) is 10.1. The van der Waals surface area contributed by atoms with Crippen LogP contribution in [0.5, 0.6) is 5.75 Å². The van der Waals surface area contributed by atoms with Crippen molar-refractivity contribution in [3.05, 3.63) is 102 Å². The highest BCUT2D eigenvalue weighted by molar-refractivity contribution is 7.98. The van der Waals surface area contributed by atoms with Crippen molar-refractivity contribution in [1.82, 2.24) is 19.7 Å². The number of fused-ring (bicyclic) bond motifs is 1. The summed E-state index contributed by atoms with van der Waals surface area (Å²) >= 11 is 1.53. The predicted octanol–water partition coefficient (Wildman–Crippen LogP) is 6.18. The molecule has 5 aromatic rings. The largest absolute Gasteiger partial charge is 0.496 e. The van der Waals surface area contributed by atoms with E-state index in [-0.39, 0.29) is 5.82 Å². The summed E-state index contributed by atoms with van der Waals surface area (Å²) in [6, 6.07) is 24.9. The van der Waals surface area contributed by atoms with Crippen LogP contribution in [0.15, 0.2) is 90.2 Å². The number of ether oxygens (including phenoxy) is 1. The molecule has 0 radical (unpaired) electrons. The maximum Gasteiger partial charge on any atom is 0.191 e. The average Bonchev–Trinajstić information content (AvgIpc) is 3.29. The van der Waals surface area contributed by atoms with Gasteiger partial charge in [-0.05, 0) is 47.9 Å². The fourth-order valence-corrected chi connectivity index (χ4v) is 4.93. The third kappa shape index (κ3) is 4.65. The third-order valence-corrected chi connectivity index (χ3v) is 6.65. The van der Waals surface area contributed by atoms with Gasteiger partial charge in [-0.1, -0.05) is 60.3 Å². The second-order valence-electron chi connectivity index (χ2n) is 7.82. The molecule has 3 aromatic carbocycles. The third-order valence-electron chi connectivity index (χ3n) is 5.64. The van der Waals surface area contributed by atoms with Gasteiger partial charge in [0.25, 0.3) is 0 Å². The quantitative estimate of drug-likeness (QED) is 0.254. The molecule has 0 atom stereocenters. The zero-order valence-corrected chi connectivity index (χ0v) is 19.5. The van der Waals surface area contributed by atoms with E-state index in [1.165, 1.54) is 23.4 Å². The molecular formula is C27H23FN4OS. The molecule has 0 aliphatic rings. The van der Waals surface area contributed by atoms with Crippen molar-refractivity contribution in [3.63, 3.8) is 0 Å². The number of benzene rings is 3. The summed E-state index contributed by atoms with van der Waals surface area (Å²) in [4.78, 5) is 4.47. The van der Waals surface area contributed by atoms with Gasteiger partial charge in [-0.2, -0.15) is 0 Å². The van der Waals surface area contributed by atoms with Gasteiger partial charge < -0.3 is 9.30 Å². The Morgan fingerprint density at radius 1 is 0.941 bits per heavy atom. The van der Waals surface area contributed by atoms with E-state index < -0.39 is 0 Å². The summed E-state index contributed by atoms with van der Waals surface area (Å²) in [6.07, 6.45) is 2.57. The minimum Gasteiger partial charge on any atom is -0.496 e. The molecule has 0 saturated heterocycles. The van der Waals surface area contributed by atoms with Crippen LogP contribution in [-0.4, -0.2) is 26.9 Å². The molecule has 5 nitrogen and oxygen atoms in total. The number of aromatic nitrogens is 4. The Kier molecular flexibility index (Phi) is 6.53. The zero-order chi connectivity index (χ0) is 23.3. The molecule has 7 heteroatoms. The van der Waals surface area contributed by atoms with Crippen LogP contribution < -0.4 is 4.74 Å². The zero-order valence-electron chi connectivity index (χ0n) is 18.7. The highest BCUT2D eigenvalue weighted by atomic mass is 32.2.